The molecule has 1 fully saturated rings. The lowest BCUT2D eigenvalue weighted by atomic mass is 9.92. The van der Waals surface area contributed by atoms with Gasteiger partial charge in [-0.25, -0.2) is 4.98 Å². The van der Waals surface area contributed by atoms with Gasteiger partial charge in [-0.2, -0.15) is 0 Å². The molecule has 92 valence electrons. The van der Waals surface area contributed by atoms with Crippen LogP contribution in [0.1, 0.15) is 19.8 Å². The Morgan fingerprint density at radius 1 is 1.59 bits per heavy atom. The number of halogens is 1. The lowest BCUT2D eigenvalue weighted by molar-refractivity contribution is -0.120. The molecule has 2 unspecified atom stereocenters. The lowest BCUT2D eigenvalue weighted by Gasteiger charge is -2.27. The number of carbonyl (C=O) groups excluding carboxylic acids is 1. The van der Waals surface area contributed by atoms with Crippen LogP contribution in [0.3, 0.4) is 0 Å². The highest BCUT2D eigenvalue weighted by molar-refractivity contribution is 6.29. The first kappa shape index (κ1) is 12.3. The van der Waals surface area contributed by atoms with Gasteiger partial charge in [-0.05, 0) is 38.4 Å². The Labute approximate surface area is 106 Å². The summed E-state index contributed by atoms with van der Waals surface area (Å²) in [5, 5.41) is 6.63. The summed E-state index contributed by atoms with van der Waals surface area (Å²) in [6, 6.07) is 3.84. The van der Waals surface area contributed by atoms with Crippen LogP contribution in [0.4, 0.5) is 5.69 Å². The summed E-state index contributed by atoms with van der Waals surface area (Å²) < 4.78 is 0. The average molecular weight is 254 g/mol. The minimum absolute atomic E-state index is 0.0717. The molecule has 0 saturated carbocycles. The molecule has 17 heavy (non-hydrogen) atoms. The third kappa shape index (κ3) is 3.41. The summed E-state index contributed by atoms with van der Waals surface area (Å²) in [6.07, 6.45) is 3.34. The van der Waals surface area contributed by atoms with Crippen molar-refractivity contribution in [3.05, 3.63) is 23.5 Å². The third-order valence-corrected chi connectivity index (χ3v) is 3.21. The first-order valence-corrected chi connectivity index (χ1v) is 6.19. The first-order valence-electron chi connectivity index (χ1n) is 5.81. The Balaban J connectivity index is 1.94. The highest BCUT2D eigenvalue weighted by atomic mass is 35.5. The Morgan fingerprint density at radius 3 is 3.06 bits per heavy atom. The van der Waals surface area contributed by atoms with E-state index in [0.29, 0.717) is 16.9 Å². The molecule has 1 aromatic heterocycles. The van der Waals surface area contributed by atoms with Crippen molar-refractivity contribution in [2.24, 2.45) is 5.92 Å². The summed E-state index contributed by atoms with van der Waals surface area (Å²) in [5.41, 5.74) is 0.700. The van der Waals surface area contributed by atoms with E-state index in [9.17, 15) is 4.79 Å². The number of amides is 1. The van der Waals surface area contributed by atoms with Crippen LogP contribution in [0.25, 0.3) is 0 Å². The fourth-order valence-electron chi connectivity index (χ4n) is 2.06. The van der Waals surface area contributed by atoms with Gasteiger partial charge in [0.1, 0.15) is 5.15 Å². The number of nitrogens with zero attached hydrogens (tertiary/aromatic N) is 1. The summed E-state index contributed by atoms with van der Waals surface area (Å²) in [4.78, 5) is 15.9. The number of carbonyl (C=O) groups is 1. The first-order chi connectivity index (χ1) is 8.15. The number of nitrogens with one attached hydrogen (secondary N) is 2. The van der Waals surface area contributed by atoms with Crippen LogP contribution in [0.15, 0.2) is 18.3 Å². The van der Waals surface area contributed by atoms with Crippen molar-refractivity contribution in [3.63, 3.8) is 0 Å². The zero-order valence-electron chi connectivity index (χ0n) is 9.74. The van der Waals surface area contributed by atoms with Crippen LogP contribution in [0.5, 0.6) is 0 Å². The second kappa shape index (κ2) is 5.47. The molecule has 0 aliphatic carbocycles. The fourth-order valence-corrected chi connectivity index (χ4v) is 2.18. The minimum atomic E-state index is 0.0717. The molecule has 1 aromatic rings. The highest BCUT2D eigenvalue weighted by Crippen LogP contribution is 2.18. The number of pyridine rings is 1. The smallest absolute Gasteiger partial charge is 0.227 e. The Morgan fingerprint density at radius 2 is 2.41 bits per heavy atom. The molecule has 0 bridgehead atoms. The number of hydrogen-bond acceptors (Lipinski definition) is 3. The monoisotopic (exact) mass is 253 g/mol. The van der Waals surface area contributed by atoms with Gasteiger partial charge in [0.05, 0.1) is 11.9 Å². The van der Waals surface area contributed by atoms with Crippen molar-refractivity contribution in [3.8, 4) is 0 Å². The Hall–Kier alpha value is -1.13. The number of anilines is 1. The van der Waals surface area contributed by atoms with Gasteiger partial charge in [0.15, 0.2) is 0 Å². The molecule has 4 nitrogen and oxygen atoms in total. The molecule has 0 radical (unpaired) electrons. The van der Waals surface area contributed by atoms with Crippen LogP contribution in [-0.4, -0.2) is 23.5 Å². The Bertz CT molecular complexity index is 393. The number of piperidine rings is 1. The minimum Gasteiger partial charge on any atom is -0.324 e. The van der Waals surface area contributed by atoms with Gasteiger partial charge >= 0.3 is 0 Å². The van der Waals surface area contributed by atoms with Crippen LogP contribution >= 0.6 is 11.6 Å². The maximum absolute atomic E-state index is 12.0. The van der Waals surface area contributed by atoms with E-state index in [1.807, 2.05) is 0 Å². The van der Waals surface area contributed by atoms with Crippen LogP contribution in [-0.2, 0) is 4.79 Å². The predicted molar refractivity (Wildman–Crippen MR) is 68.1 cm³/mol. The lowest BCUT2D eigenvalue weighted by Crippen LogP contribution is -2.40. The van der Waals surface area contributed by atoms with Crippen LogP contribution in [0, 0.1) is 5.92 Å². The summed E-state index contributed by atoms with van der Waals surface area (Å²) in [7, 11) is 0. The molecule has 1 amide bonds. The molecule has 2 atom stereocenters. The van der Waals surface area contributed by atoms with E-state index in [2.05, 4.69) is 22.5 Å². The molecule has 1 aliphatic rings. The van der Waals surface area contributed by atoms with Crippen LogP contribution < -0.4 is 10.6 Å². The second-order valence-corrected chi connectivity index (χ2v) is 4.82. The third-order valence-electron chi connectivity index (χ3n) is 2.99. The standard InChI is InChI=1S/C12H16ClN3O/c1-8-6-9(4-5-14-8)12(17)16-10-2-3-11(13)15-7-10/h2-3,7-9,14H,4-6H2,1H3,(H,16,17). The number of rotatable bonds is 2. The van der Waals surface area contributed by atoms with Gasteiger partial charge in [-0.1, -0.05) is 11.6 Å². The summed E-state index contributed by atoms with van der Waals surface area (Å²) in [5.74, 6) is 0.157. The van der Waals surface area contributed by atoms with E-state index in [0.717, 1.165) is 19.4 Å². The van der Waals surface area contributed by atoms with Crippen molar-refractivity contribution in [2.75, 3.05) is 11.9 Å². The highest BCUT2D eigenvalue weighted by Gasteiger charge is 2.24. The normalized spacial score (nSPS) is 24.4. The Kier molecular flexibility index (Phi) is 3.97. The molecule has 1 aliphatic heterocycles. The predicted octanol–water partition coefficient (Wildman–Crippen LogP) is 2.06. The molecule has 5 heteroatoms. The zero-order valence-corrected chi connectivity index (χ0v) is 10.5. The van der Waals surface area contributed by atoms with Gasteiger partial charge < -0.3 is 10.6 Å². The zero-order chi connectivity index (χ0) is 12.3. The van der Waals surface area contributed by atoms with Gasteiger partial charge in [-0.3, -0.25) is 4.79 Å². The van der Waals surface area contributed by atoms with E-state index in [-0.39, 0.29) is 11.8 Å². The average Bonchev–Trinajstić information content (AvgIpc) is 2.32. The topological polar surface area (TPSA) is 54.0 Å². The summed E-state index contributed by atoms with van der Waals surface area (Å²) >= 11 is 5.68. The largest absolute Gasteiger partial charge is 0.324 e. The van der Waals surface area contributed by atoms with Crippen molar-refractivity contribution < 1.29 is 4.79 Å². The quantitative estimate of drug-likeness (QED) is 0.794. The molecular weight excluding hydrogens is 238 g/mol. The van der Waals surface area contributed by atoms with Crippen molar-refractivity contribution in [2.45, 2.75) is 25.8 Å². The molecule has 2 N–H and O–H groups in total. The second-order valence-electron chi connectivity index (χ2n) is 4.44. The van der Waals surface area contributed by atoms with Gasteiger partial charge in [-0.15, -0.1) is 0 Å². The molecule has 1 saturated heterocycles. The van der Waals surface area contributed by atoms with E-state index in [1.165, 1.54) is 0 Å². The number of hydrogen-bond donors (Lipinski definition) is 2. The van der Waals surface area contributed by atoms with E-state index < -0.39 is 0 Å². The summed E-state index contributed by atoms with van der Waals surface area (Å²) in [6.45, 7) is 3.00. The molecule has 2 heterocycles. The van der Waals surface area contributed by atoms with Crippen molar-refractivity contribution in [1.29, 1.82) is 0 Å². The maximum atomic E-state index is 12.0. The van der Waals surface area contributed by atoms with E-state index >= 15 is 0 Å². The SMILES string of the molecule is CC1CC(C(=O)Nc2ccc(Cl)nc2)CCN1. The maximum Gasteiger partial charge on any atom is 0.227 e. The van der Waals surface area contributed by atoms with Crippen LogP contribution in [0.2, 0.25) is 5.15 Å². The van der Waals surface area contributed by atoms with Crippen molar-refractivity contribution >= 4 is 23.2 Å². The van der Waals surface area contributed by atoms with Gasteiger partial charge in [0.25, 0.3) is 0 Å². The van der Waals surface area contributed by atoms with E-state index in [1.54, 1.807) is 18.3 Å². The molecule has 0 aromatic carbocycles. The van der Waals surface area contributed by atoms with E-state index in [4.69, 9.17) is 11.6 Å². The number of aromatic nitrogens is 1. The molecular formula is C12H16ClN3O. The molecule has 0 spiro atoms. The van der Waals surface area contributed by atoms with Gasteiger partial charge in [0, 0.05) is 12.0 Å². The fraction of sp³-hybridized carbons (Fsp3) is 0.500. The van der Waals surface area contributed by atoms with Crippen molar-refractivity contribution in [1.82, 2.24) is 10.3 Å². The molecule has 2 rings (SSSR count). The van der Waals surface area contributed by atoms with Gasteiger partial charge in [0.2, 0.25) is 5.91 Å².